The molecule has 0 saturated carbocycles. The van der Waals surface area contributed by atoms with Crippen molar-refractivity contribution in [1.82, 2.24) is 19.9 Å². The number of anilines is 1. The lowest BCUT2D eigenvalue weighted by Gasteiger charge is -2.35. The highest BCUT2D eigenvalue weighted by Gasteiger charge is 2.18. The van der Waals surface area contributed by atoms with Gasteiger partial charge in [0.05, 0.1) is 11.0 Å². The van der Waals surface area contributed by atoms with Crippen LogP contribution in [0, 0.1) is 0 Å². The van der Waals surface area contributed by atoms with Crippen molar-refractivity contribution >= 4 is 32.8 Å². The highest BCUT2D eigenvalue weighted by atomic mass is 79.9. The standard InChI is InChI=1S/C20H22BrN5O/c1-2-15-10-17-18(24-20(15)27)9-14(11-22-17)13-25-5-7-26(8-6-25)19-4-3-16(21)12-23-19/h3-4,9-12H,2,5-8,13H2,1H3,(H,24,27). The molecule has 4 heterocycles. The Morgan fingerprint density at radius 2 is 1.93 bits per heavy atom. The molecule has 0 bridgehead atoms. The Balaban J connectivity index is 1.42. The number of aromatic amines is 1. The van der Waals surface area contributed by atoms with Gasteiger partial charge in [-0.25, -0.2) is 4.98 Å². The highest BCUT2D eigenvalue weighted by Crippen LogP contribution is 2.18. The van der Waals surface area contributed by atoms with Crippen LogP contribution < -0.4 is 10.5 Å². The van der Waals surface area contributed by atoms with Gasteiger partial charge in [-0.2, -0.15) is 0 Å². The zero-order valence-corrected chi connectivity index (χ0v) is 16.9. The van der Waals surface area contributed by atoms with Crippen LogP contribution in [0.1, 0.15) is 18.1 Å². The smallest absolute Gasteiger partial charge is 0.251 e. The normalized spacial score (nSPS) is 15.4. The summed E-state index contributed by atoms with van der Waals surface area (Å²) in [5.41, 5.74) is 3.55. The van der Waals surface area contributed by atoms with Crippen LogP contribution in [0.3, 0.4) is 0 Å². The van der Waals surface area contributed by atoms with E-state index in [2.05, 4.69) is 40.7 Å². The summed E-state index contributed by atoms with van der Waals surface area (Å²) in [6.45, 7) is 6.66. The highest BCUT2D eigenvalue weighted by molar-refractivity contribution is 9.10. The first-order valence-corrected chi connectivity index (χ1v) is 10.0. The molecule has 1 saturated heterocycles. The maximum atomic E-state index is 12.0. The Hall–Kier alpha value is -2.25. The molecule has 1 aliphatic heterocycles. The molecule has 4 rings (SSSR count). The number of pyridine rings is 3. The van der Waals surface area contributed by atoms with Crippen molar-refractivity contribution in [3.63, 3.8) is 0 Å². The van der Waals surface area contributed by atoms with Crippen LogP contribution in [-0.2, 0) is 13.0 Å². The van der Waals surface area contributed by atoms with Gasteiger partial charge in [0.1, 0.15) is 5.82 Å². The van der Waals surface area contributed by atoms with Gasteiger partial charge in [0.2, 0.25) is 0 Å². The summed E-state index contributed by atoms with van der Waals surface area (Å²) < 4.78 is 0.998. The van der Waals surface area contributed by atoms with E-state index in [-0.39, 0.29) is 5.56 Å². The van der Waals surface area contributed by atoms with Gasteiger partial charge in [0.15, 0.2) is 0 Å². The van der Waals surface area contributed by atoms with E-state index in [0.717, 1.165) is 65.2 Å². The van der Waals surface area contributed by atoms with Crippen molar-refractivity contribution in [3.8, 4) is 0 Å². The third kappa shape index (κ3) is 4.04. The molecule has 0 aromatic carbocycles. The van der Waals surface area contributed by atoms with E-state index in [1.165, 1.54) is 0 Å². The van der Waals surface area contributed by atoms with Crippen molar-refractivity contribution in [2.75, 3.05) is 31.1 Å². The Kier molecular flexibility index (Phi) is 5.22. The number of hydrogen-bond donors (Lipinski definition) is 1. The van der Waals surface area contributed by atoms with Crippen LogP contribution >= 0.6 is 15.9 Å². The average Bonchev–Trinajstić information content (AvgIpc) is 2.69. The summed E-state index contributed by atoms with van der Waals surface area (Å²) in [6, 6.07) is 8.02. The van der Waals surface area contributed by atoms with Crippen LogP contribution in [0.5, 0.6) is 0 Å². The third-order valence-electron chi connectivity index (χ3n) is 5.02. The Morgan fingerprint density at radius 1 is 1.11 bits per heavy atom. The molecule has 7 heteroatoms. The number of nitrogens with zero attached hydrogens (tertiary/aromatic N) is 4. The summed E-state index contributed by atoms with van der Waals surface area (Å²) in [4.78, 5) is 28.8. The summed E-state index contributed by atoms with van der Waals surface area (Å²) in [5.74, 6) is 1.02. The molecular weight excluding hydrogens is 406 g/mol. The number of piperazine rings is 1. The molecule has 0 spiro atoms. The van der Waals surface area contributed by atoms with E-state index in [4.69, 9.17) is 0 Å². The molecule has 27 heavy (non-hydrogen) atoms. The SMILES string of the molecule is CCc1cc2ncc(CN3CCN(c4ccc(Br)cn4)CC3)cc2[nH]c1=O. The fraction of sp³-hybridized carbons (Fsp3) is 0.350. The molecule has 140 valence electrons. The fourth-order valence-electron chi connectivity index (χ4n) is 3.46. The van der Waals surface area contributed by atoms with E-state index in [9.17, 15) is 4.79 Å². The number of nitrogens with one attached hydrogen (secondary N) is 1. The molecule has 0 radical (unpaired) electrons. The number of H-pyrrole nitrogens is 1. The van der Waals surface area contributed by atoms with Gasteiger partial charge in [-0.1, -0.05) is 6.92 Å². The molecule has 0 atom stereocenters. The Bertz CT molecular complexity index is 993. The van der Waals surface area contributed by atoms with Gasteiger partial charge in [0, 0.05) is 55.2 Å². The van der Waals surface area contributed by atoms with Gasteiger partial charge in [-0.3, -0.25) is 14.7 Å². The molecule has 0 aliphatic carbocycles. The molecule has 0 amide bonds. The first-order chi connectivity index (χ1) is 13.1. The minimum absolute atomic E-state index is 0.0143. The predicted molar refractivity (Wildman–Crippen MR) is 111 cm³/mol. The van der Waals surface area contributed by atoms with Crippen molar-refractivity contribution in [2.24, 2.45) is 0 Å². The lowest BCUT2D eigenvalue weighted by molar-refractivity contribution is 0.249. The predicted octanol–water partition coefficient (Wildman–Crippen LogP) is 2.97. The zero-order valence-electron chi connectivity index (χ0n) is 15.3. The van der Waals surface area contributed by atoms with Crippen LogP contribution in [0.25, 0.3) is 11.0 Å². The number of aromatic nitrogens is 3. The zero-order chi connectivity index (χ0) is 18.8. The van der Waals surface area contributed by atoms with Crippen molar-refractivity contribution in [1.29, 1.82) is 0 Å². The van der Waals surface area contributed by atoms with Crippen molar-refractivity contribution in [3.05, 3.63) is 62.6 Å². The number of hydrogen-bond acceptors (Lipinski definition) is 5. The van der Waals surface area contributed by atoms with Crippen LogP contribution in [0.4, 0.5) is 5.82 Å². The van der Waals surface area contributed by atoms with Crippen molar-refractivity contribution < 1.29 is 0 Å². The number of fused-ring (bicyclic) bond motifs is 1. The molecule has 3 aromatic heterocycles. The maximum Gasteiger partial charge on any atom is 0.251 e. The lowest BCUT2D eigenvalue weighted by Crippen LogP contribution is -2.46. The van der Waals surface area contributed by atoms with Crippen molar-refractivity contribution in [2.45, 2.75) is 19.9 Å². The molecule has 1 N–H and O–H groups in total. The van der Waals surface area contributed by atoms with E-state index in [1.54, 1.807) is 0 Å². The molecular formula is C20H22BrN5O. The second-order valence-corrected chi connectivity index (χ2v) is 7.77. The fourth-order valence-corrected chi connectivity index (χ4v) is 3.70. The quantitative estimate of drug-likeness (QED) is 0.693. The summed E-state index contributed by atoms with van der Waals surface area (Å²) in [6.07, 6.45) is 4.47. The summed E-state index contributed by atoms with van der Waals surface area (Å²) >= 11 is 3.43. The van der Waals surface area contributed by atoms with E-state index in [1.807, 2.05) is 43.6 Å². The first kappa shape index (κ1) is 18.1. The van der Waals surface area contributed by atoms with Crippen LogP contribution in [-0.4, -0.2) is 46.0 Å². The summed E-state index contributed by atoms with van der Waals surface area (Å²) in [5, 5.41) is 0. The molecule has 6 nitrogen and oxygen atoms in total. The molecule has 0 unspecified atom stereocenters. The van der Waals surface area contributed by atoms with Crippen LogP contribution in [0.15, 0.2) is 45.9 Å². The second-order valence-electron chi connectivity index (χ2n) is 6.85. The van der Waals surface area contributed by atoms with Gasteiger partial charge in [0.25, 0.3) is 5.56 Å². The number of rotatable bonds is 4. The first-order valence-electron chi connectivity index (χ1n) is 9.22. The largest absolute Gasteiger partial charge is 0.354 e. The van der Waals surface area contributed by atoms with E-state index < -0.39 is 0 Å². The van der Waals surface area contributed by atoms with E-state index in [0.29, 0.717) is 6.42 Å². The monoisotopic (exact) mass is 427 g/mol. The molecule has 1 fully saturated rings. The van der Waals surface area contributed by atoms with Gasteiger partial charge < -0.3 is 9.88 Å². The average molecular weight is 428 g/mol. The Labute approximate surface area is 166 Å². The topological polar surface area (TPSA) is 65.1 Å². The second kappa shape index (κ2) is 7.78. The van der Waals surface area contributed by atoms with Crippen LogP contribution in [0.2, 0.25) is 0 Å². The molecule has 1 aliphatic rings. The number of halogens is 1. The van der Waals surface area contributed by atoms with Gasteiger partial charge in [-0.15, -0.1) is 0 Å². The maximum absolute atomic E-state index is 12.0. The minimum Gasteiger partial charge on any atom is -0.354 e. The number of aryl methyl sites for hydroxylation is 1. The summed E-state index contributed by atoms with van der Waals surface area (Å²) in [7, 11) is 0. The van der Waals surface area contributed by atoms with Gasteiger partial charge in [-0.05, 0) is 52.2 Å². The lowest BCUT2D eigenvalue weighted by atomic mass is 10.1. The van der Waals surface area contributed by atoms with E-state index >= 15 is 0 Å². The minimum atomic E-state index is -0.0143. The third-order valence-corrected chi connectivity index (χ3v) is 5.49. The Morgan fingerprint density at radius 3 is 2.63 bits per heavy atom. The van der Waals surface area contributed by atoms with Gasteiger partial charge >= 0.3 is 0 Å². The molecule has 3 aromatic rings.